The van der Waals surface area contributed by atoms with Crippen LogP contribution in [0.5, 0.6) is 0 Å². The number of nitriles is 1. The van der Waals surface area contributed by atoms with Gasteiger partial charge in [-0.05, 0) is 25.0 Å². The molecule has 11 heteroatoms. The molecule has 0 spiro atoms. The van der Waals surface area contributed by atoms with E-state index in [0.717, 1.165) is 49.2 Å². The molecule has 0 saturated heterocycles. The number of nitrogens with zero attached hydrogens (tertiary/aromatic N) is 4. The highest BCUT2D eigenvalue weighted by Crippen LogP contribution is 2.36. The van der Waals surface area contributed by atoms with Gasteiger partial charge in [0.25, 0.3) is 0 Å². The van der Waals surface area contributed by atoms with Crippen LogP contribution < -0.4 is 5.32 Å². The zero-order chi connectivity index (χ0) is 20.5. The van der Waals surface area contributed by atoms with Crippen molar-refractivity contribution in [2.75, 3.05) is 11.6 Å². The lowest BCUT2D eigenvalue weighted by molar-refractivity contribution is -0.141. The Labute approximate surface area is 160 Å². The molecular formula is C17H18F3N5O2S. The van der Waals surface area contributed by atoms with E-state index >= 15 is 0 Å². The topological polar surface area (TPSA) is 101 Å². The fourth-order valence-corrected chi connectivity index (χ4v) is 3.74. The zero-order valence-electron chi connectivity index (χ0n) is 15.0. The van der Waals surface area contributed by atoms with Crippen molar-refractivity contribution in [2.24, 2.45) is 0 Å². The third-order valence-corrected chi connectivity index (χ3v) is 5.68. The predicted octanol–water partition coefficient (Wildman–Crippen LogP) is 3.31. The van der Waals surface area contributed by atoms with Crippen molar-refractivity contribution in [3.8, 4) is 11.9 Å². The van der Waals surface area contributed by atoms with Crippen LogP contribution in [0.2, 0.25) is 0 Å². The largest absolute Gasteiger partial charge is 0.436 e. The van der Waals surface area contributed by atoms with Crippen LogP contribution in [0.25, 0.3) is 5.82 Å². The molecule has 2 heterocycles. The summed E-state index contributed by atoms with van der Waals surface area (Å²) in [6.45, 7) is 0. The minimum atomic E-state index is -4.81. The van der Waals surface area contributed by atoms with Gasteiger partial charge in [-0.2, -0.15) is 28.2 Å². The molecule has 2 aromatic rings. The molecule has 1 aliphatic carbocycles. The second-order valence-corrected chi connectivity index (χ2v) is 8.71. The van der Waals surface area contributed by atoms with Crippen molar-refractivity contribution >= 4 is 15.7 Å². The Hall–Kier alpha value is -2.61. The van der Waals surface area contributed by atoms with Crippen molar-refractivity contribution in [3.05, 3.63) is 29.6 Å². The Morgan fingerprint density at radius 2 is 1.93 bits per heavy atom. The number of aromatic nitrogens is 3. The lowest BCUT2D eigenvalue weighted by Gasteiger charge is -2.24. The van der Waals surface area contributed by atoms with E-state index in [-0.39, 0.29) is 22.6 Å². The summed E-state index contributed by atoms with van der Waals surface area (Å²) in [6, 6.07) is 4.02. The fourth-order valence-electron chi connectivity index (χ4n) is 3.18. The number of halogens is 3. The van der Waals surface area contributed by atoms with Gasteiger partial charge in [0.15, 0.2) is 21.3 Å². The molecule has 1 N–H and O–H groups in total. The van der Waals surface area contributed by atoms with Crippen LogP contribution in [0.1, 0.15) is 43.4 Å². The zero-order valence-corrected chi connectivity index (χ0v) is 15.8. The van der Waals surface area contributed by atoms with Gasteiger partial charge in [0.05, 0.1) is 4.90 Å². The second kappa shape index (κ2) is 7.43. The maximum atomic E-state index is 13.4. The van der Waals surface area contributed by atoms with Gasteiger partial charge in [-0.25, -0.2) is 13.4 Å². The highest BCUT2D eigenvalue weighted by Gasteiger charge is 2.40. The minimum absolute atomic E-state index is 0.0160. The molecule has 0 aliphatic heterocycles. The third-order valence-electron chi connectivity index (χ3n) is 4.58. The normalized spacial score (nSPS) is 16.0. The van der Waals surface area contributed by atoms with Gasteiger partial charge in [0.2, 0.25) is 0 Å². The predicted molar refractivity (Wildman–Crippen MR) is 94.7 cm³/mol. The molecule has 7 nitrogen and oxygen atoms in total. The van der Waals surface area contributed by atoms with E-state index in [1.807, 2.05) is 0 Å². The number of sulfone groups is 1. The van der Waals surface area contributed by atoms with Crippen molar-refractivity contribution in [2.45, 2.75) is 49.2 Å². The number of alkyl halides is 3. The van der Waals surface area contributed by atoms with Gasteiger partial charge < -0.3 is 5.32 Å². The highest BCUT2D eigenvalue weighted by atomic mass is 32.2. The van der Waals surface area contributed by atoms with Crippen LogP contribution in [-0.4, -0.2) is 35.5 Å². The van der Waals surface area contributed by atoms with E-state index in [9.17, 15) is 26.9 Å². The van der Waals surface area contributed by atoms with Gasteiger partial charge in [-0.3, -0.25) is 0 Å². The van der Waals surface area contributed by atoms with Crippen LogP contribution in [0.15, 0.2) is 23.2 Å². The van der Waals surface area contributed by atoms with Crippen molar-refractivity contribution in [1.29, 1.82) is 5.26 Å². The summed E-state index contributed by atoms with van der Waals surface area (Å²) >= 11 is 0. The third kappa shape index (κ3) is 4.11. The van der Waals surface area contributed by atoms with Crippen molar-refractivity contribution < 1.29 is 21.6 Å². The fraction of sp³-hybridized carbons (Fsp3) is 0.471. The van der Waals surface area contributed by atoms with Gasteiger partial charge >= 0.3 is 6.18 Å². The first kappa shape index (κ1) is 20.1. The quantitative estimate of drug-likeness (QED) is 0.825. The first-order chi connectivity index (χ1) is 13.1. The van der Waals surface area contributed by atoms with Gasteiger partial charge in [-0.1, -0.05) is 19.3 Å². The monoisotopic (exact) mass is 413 g/mol. The summed E-state index contributed by atoms with van der Waals surface area (Å²) in [4.78, 5) is 3.88. The average Bonchev–Trinajstić information content (AvgIpc) is 3.00. The van der Waals surface area contributed by atoms with Crippen LogP contribution in [0, 0.1) is 11.3 Å². The molecule has 0 amide bonds. The molecule has 1 aliphatic rings. The van der Waals surface area contributed by atoms with Gasteiger partial charge in [0, 0.05) is 18.5 Å². The molecule has 0 bridgehead atoms. The SMILES string of the molecule is CS(=O)(=O)c1ccc(-n2nc(C(F)(F)F)c(C#N)c2NC2CCCCC2)nc1. The molecule has 0 atom stereocenters. The summed E-state index contributed by atoms with van der Waals surface area (Å²) in [5, 5.41) is 16.0. The van der Waals surface area contributed by atoms with Crippen LogP contribution >= 0.6 is 0 Å². The molecule has 1 fully saturated rings. The lowest BCUT2D eigenvalue weighted by atomic mass is 9.95. The van der Waals surface area contributed by atoms with Crippen molar-refractivity contribution in [1.82, 2.24) is 14.8 Å². The molecule has 150 valence electrons. The molecule has 2 aromatic heterocycles. The molecule has 28 heavy (non-hydrogen) atoms. The van der Waals surface area contributed by atoms with Crippen LogP contribution in [0.4, 0.5) is 19.0 Å². The van der Waals surface area contributed by atoms with E-state index in [4.69, 9.17) is 0 Å². The Morgan fingerprint density at radius 3 is 2.43 bits per heavy atom. The number of hydrogen-bond donors (Lipinski definition) is 1. The van der Waals surface area contributed by atoms with Gasteiger partial charge in [-0.15, -0.1) is 0 Å². The van der Waals surface area contributed by atoms with Crippen molar-refractivity contribution in [3.63, 3.8) is 0 Å². The number of rotatable bonds is 4. The first-order valence-electron chi connectivity index (χ1n) is 8.64. The summed E-state index contributed by atoms with van der Waals surface area (Å²) in [5.41, 5.74) is -1.91. The Kier molecular flexibility index (Phi) is 5.34. The summed E-state index contributed by atoms with van der Waals surface area (Å²) in [5.74, 6) is -0.0981. The standard InChI is InChI=1S/C17H18F3N5O2S/c1-28(26,27)12-7-8-14(22-10-12)25-16(23-11-5-3-2-4-6-11)13(9-21)15(24-25)17(18,19)20/h7-8,10-11,23H,2-6H2,1H3. The maximum Gasteiger partial charge on any atom is 0.436 e. The molecule has 3 rings (SSSR count). The van der Waals surface area contributed by atoms with E-state index in [0.29, 0.717) is 0 Å². The van der Waals surface area contributed by atoms with E-state index in [1.54, 1.807) is 6.07 Å². The number of pyridine rings is 1. The summed E-state index contributed by atoms with van der Waals surface area (Å²) in [6.07, 6.45) is 1.74. The molecular weight excluding hydrogens is 395 g/mol. The highest BCUT2D eigenvalue weighted by molar-refractivity contribution is 7.90. The van der Waals surface area contributed by atoms with E-state index in [2.05, 4.69) is 15.4 Å². The molecule has 0 aromatic carbocycles. The molecule has 1 saturated carbocycles. The number of nitrogens with one attached hydrogen (secondary N) is 1. The molecule has 0 radical (unpaired) electrons. The average molecular weight is 413 g/mol. The maximum absolute atomic E-state index is 13.4. The number of hydrogen-bond acceptors (Lipinski definition) is 6. The van der Waals surface area contributed by atoms with Crippen LogP contribution in [0.3, 0.4) is 0 Å². The smallest absolute Gasteiger partial charge is 0.366 e. The van der Waals surface area contributed by atoms with Crippen LogP contribution in [-0.2, 0) is 16.0 Å². The lowest BCUT2D eigenvalue weighted by Crippen LogP contribution is -2.24. The van der Waals surface area contributed by atoms with Gasteiger partial charge in [0.1, 0.15) is 17.5 Å². The minimum Gasteiger partial charge on any atom is -0.366 e. The molecule has 0 unspecified atom stereocenters. The Morgan fingerprint density at radius 1 is 1.25 bits per heavy atom. The Bertz CT molecular complexity index is 1000. The first-order valence-corrected chi connectivity index (χ1v) is 10.5. The Balaban J connectivity index is 2.10. The summed E-state index contributed by atoms with van der Waals surface area (Å²) in [7, 11) is -3.51. The second-order valence-electron chi connectivity index (χ2n) is 6.70. The number of anilines is 1. The van der Waals surface area contributed by atoms with E-state index < -0.39 is 27.3 Å². The summed E-state index contributed by atoms with van der Waals surface area (Å²) < 4.78 is 64.2. The van der Waals surface area contributed by atoms with E-state index in [1.165, 1.54) is 12.1 Å².